The average Bonchev–Trinajstić information content (AvgIpc) is 2.70. The molecule has 0 spiro atoms. The van der Waals surface area contributed by atoms with Crippen molar-refractivity contribution in [3.8, 4) is 5.75 Å². The number of piperidine rings is 1. The molecule has 0 aromatic heterocycles. The van der Waals surface area contributed by atoms with Gasteiger partial charge in [-0.1, -0.05) is 0 Å². The summed E-state index contributed by atoms with van der Waals surface area (Å²) in [6.07, 6.45) is 0.689. The molecule has 30 heavy (non-hydrogen) atoms. The Morgan fingerprint density at radius 1 is 1.13 bits per heavy atom. The summed E-state index contributed by atoms with van der Waals surface area (Å²) in [5, 5.41) is 2.16. The lowest BCUT2D eigenvalue weighted by molar-refractivity contribution is -0.153. The highest BCUT2D eigenvalue weighted by Crippen LogP contribution is 2.20. The zero-order valence-corrected chi connectivity index (χ0v) is 17.7. The number of hydrogen-bond donors (Lipinski definition) is 1. The van der Waals surface area contributed by atoms with Gasteiger partial charge in [-0.3, -0.25) is 19.7 Å². The number of amides is 3. The molecule has 1 saturated heterocycles. The summed E-state index contributed by atoms with van der Waals surface area (Å²) in [5.41, 5.74) is -0.352. The molecule has 0 saturated carbocycles. The highest BCUT2D eigenvalue weighted by molar-refractivity contribution is 6.05. The number of ether oxygens (including phenoxy) is 3. The number of nitrogens with zero attached hydrogens (tertiary/aromatic N) is 1. The van der Waals surface area contributed by atoms with Crippen LogP contribution in [-0.2, 0) is 19.1 Å². The third-order valence-corrected chi connectivity index (χ3v) is 4.36. The van der Waals surface area contributed by atoms with E-state index >= 15 is 0 Å². The van der Waals surface area contributed by atoms with Crippen molar-refractivity contribution in [1.82, 2.24) is 10.2 Å². The first-order valence-corrected chi connectivity index (χ1v) is 9.72. The van der Waals surface area contributed by atoms with E-state index in [2.05, 4.69) is 5.32 Å². The summed E-state index contributed by atoms with van der Waals surface area (Å²) in [7, 11) is 1.51. The third-order valence-electron chi connectivity index (χ3n) is 4.36. The van der Waals surface area contributed by atoms with Crippen LogP contribution in [-0.4, -0.2) is 61.2 Å². The Labute approximate surface area is 175 Å². The molecular formula is C21H28N2O7. The van der Waals surface area contributed by atoms with Crippen molar-refractivity contribution in [1.29, 1.82) is 0 Å². The molecule has 1 atom stereocenters. The molecule has 9 heteroatoms. The maximum atomic E-state index is 12.3. The second kappa shape index (κ2) is 10.1. The lowest BCUT2D eigenvalue weighted by Gasteiger charge is -2.33. The predicted molar refractivity (Wildman–Crippen MR) is 107 cm³/mol. The summed E-state index contributed by atoms with van der Waals surface area (Å²) in [5.74, 6) is -1.89. The van der Waals surface area contributed by atoms with Crippen LogP contribution >= 0.6 is 0 Å². The fourth-order valence-corrected chi connectivity index (χ4v) is 2.89. The Morgan fingerprint density at radius 2 is 1.80 bits per heavy atom. The van der Waals surface area contributed by atoms with Gasteiger partial charge in [0.25, 0.3) is 11.8 Å². The Kier molecular flexibility index (Phi) is 7.79. The number of carbonyl (C=O) groups excluding carboxylic acids is 4. The Morgan fingerprint density at radius 3 is 2.40 bits per heavy atom. The van der Waals surface area contributed by atoms with Gasteiger partial charge in [0.2, 0.25) is 0 Å². The third kappa shape index (κ3) is 7.06. The minimum atomic E-state index is -0.732. The molecular weight excluding hydrogens is 392 g/mol. The number of rotatable bonds is 5. The molecule has 9 nitrogen and oxygen atoms in total. The second-order valence-electron chi connectivity index (χ2n) is 7.98. The lowest BCUT2D eigenvalue weighted by Crippen LogP contribution is -2.45. The van der Waals surface area contributed by atoms with Crippen molar-refractivity contribution >= 4 is 23.9 Å². The monoisotopic (exact) mass is 420 g/mol. The second-order valence-corrected chi connectivity index (χ2v) is 7.98. The molecule has 0 bridgehead atoms. The number of nitrogens with one attached hydrogen (secondary N) is 1. The van der Waals surface area contributed by atoms with Gasteiger partial charge in [-0.2, -0.15) is 0 Å². The Balaban J connectivity index is 1.80. The molecule has 164 valence electrons. The van der Waals surface area contributed by atoms with Crippen LogP contribution in [0, 0.1) is 5.92 Å². The van der Waals surface area contributed by atoms with Gasteiger partial charge in [0.15, 0.2) is 6.61 Å². The summed E-state index contributed by atoms with van der Waals surface area (Å²) in [6, 6.07) is 6.22. The van der Waals surface area contributed by atoms with Gasteiger partial charge in [0, 0.05) is 18.7 Å². The average molecular weight is 420 g/mol. The molecule has 0 radical (unpaired) electrons. The smallest absolute Gasteiger partial charge is 0.410 e. The Bertz CT molecular complexity index is 784. The number of esters is 1. The molecule has 1 aliphatic rings. The van der Waals surface area contributed by atoms with Crippen LogP contribution < -0.4 is 10.1 Å². The molecule has 1 heterocycles. The van der Waals surface area contributed by atoms with Gasteiger partial charge >= 0.3 is 12.1 Å². The van der Waals surface area contributed by atoms with E-state index in [1.165, 1.54) is 24.1 Å². The minimum Gasteiger partial charge on any atom is -0.497 e. The van der Waals surface area contributed by atoms with Crippen molar-refractivity contribution in [2.24, 2.45) is 5.92 Å². The number of benzene rings is 1. The van der Waals surface area contributed by atoms with Gasteiger partial charge in [0.1, 0.15) is 11.4 Å². The molecule has 3 amide bonds. The van der Waals surface area contributed by atoms with Gasteiger partial charge in [0.05, 0.1) is 13.0 Å². The van der Waals surface area contributed by atoms with Crippen molar-refractivity contribution in [2.45, 2.75) is 39.2 Å². The van der Waals surface area contributed by atoms with Crippen molar-refractivity contribution in [3.05, 3.63) is 29.8 Å². The van der Waals surface area contributed by atoms with E-state index < -0.39 is 42.0 Å². The van der Waals surface area contributed by atoms with E-state index in [9.17, 15) is 19.2 Å². The first-order valence-electron chi connectivity index (χ1n) is 9.72. The Hall–Kier alpha value is -3.10. The largest absolute Gasteiger partial charge is 0.497 e. The van der Waals surface area contributed by atoms with E-state index in [4.69, 9.17) is 14.2 Å². The molecule has 0 aliphatic carbocycles. The van der Waals surface area contributed by atoms with Gasteiger partial charge in [-0.15, -0.1) is 0 Å². The van der Waals surface area contributed by atoms with Crippen LogP contribution in [0.4, 0.5) is 4.79 Å². The molecule has 1 aliphatic heterocycles. The van der Waals surface area contributed by atoms with Gasteiger partial charge in [-0.25, -0.2) is 4.79 Å². The number of carbonyl (C=O) groups is 4. The molecule has 1 aromatic rings. The maximum Gasteiger partial charge on any atom is 0.410 e. The van der Waals surface area contributed by atoms with Gasteiger partial charge < -0.3 is 19.1 Å². The molecule has 1 N–H and O–H groups in total. The van der Waals surface area contributed by atoms with Crippen molar-refractivity contribution < 1.29 is 33.4 Å². The summed E-state index contributed by atoms with van der Waals surface area (Å²) < 4.78 is 15.4. The SMILES string of the molecule is COc1ccc(C(=O)NC(=O)COC(=O)C2CCCN(C(=O)OC(C)(C)C)C2)cc1. The fraction of sp³-hybridized carbons (Fsp3) is 0.524. The summed E-state index contributed by atoms with van der Waals surface area (Å²) in [6.45, 7) is 5.39. The fourth-order valence-electron chi connectivity index (χ4n) is 2.89. The predicted octanol–water partition coefficient (Wildman–Crippen LogP) is 2.14. The standard InChI is InChI=1S/C21H28N2O7/c1-21(2,3)30-20(27)23-11-5-6-15(12-23)19(26)29-13-17(24)22-18(25)14-7-9-16(28-4)10-8-14/h7-10,15H,5-6,11-13H2,1-4H3,(H,22,24,25). The van der Waals surface area contributed by atoms with E-state index in [1.54, 1.807) is 32.9 Å². The van der Waals surface area contributed by atoms with E-state index in [0.29, 0.717) is 25.1 Å². The number of imide groups is 1. The van der Waals surface area contributed by atoms with E-state index in [-0.39, 0.29) is 12.1 Å². The number of likely N-dealkylation sites (tertiary alicyclic amines) is 1. The van der Waals surface area contributed by atoms with Crippen LogP contribution in [0.1, 0.15) is 44.0 Å². The zero-order chi connectivity index (χ0) is 22.3. The van der Waals surface area contributed by atoms with Gasteiger partial charge in [-0.05, 0) is 57.9 Å². The first-order chi connectivity index (χ1) is 14.1. The van der Waals surface area contributed by atoms with Crippen LogP contribution in [0.25, 0.3) is 0 Å². The topological polar surface area (TPSA) is 111 Å². The molecule has 1 unspecified atom stereocenters. The van der Waals surface area contributed by atoms with Crippen LogP contribution in [0.2, 0.25) is 0 Å². The highest BCUT2D eigenvalue weighted by Gasteiger charge is 2.32. The number of hydrogen-bond acceptors (Lipinski definition) is 7. The quantitative estimate of drug-likeness (QED) is 0.727. The summed E-state index contributed by atoms with van der Waals surface area (Å²) in [4.78, 5) is 50.0. The molecule has 1 fully saturated rings. The zero-order valence-electron chi connectivity index (χ0n) is 17.7. The van der Waals surface area contributed by atoms with E-state index in [0.717, 1.165) is 0 Å². The minimum absolute atomic E-state index is 0.167. The molecule has 2 rings (SSSR count). The van der Waals surface area contributed by atoms with Crippen LogP contribution in [0.15, 0.2) is 24.3 Å². The normalized spacial score (nSPS) is 16.4. The first kappa shape index (κ1) is 23.2. The van der Waals surface area contributed by atoms with Crippen molar-refractivity contribution in [2.75, 3.05) is 26.8 Å². The number of methoxy groups -OCH3 is 1. The van der Waals surface area contributed by atoms with Crippen LogP contribution in [0.3, 0.4) is 0 Å². The maximum absolute atomic E-state index is 12.3. The van der Waals surface area contributed by atoms with Crippen molar-refractivity contribution in [3.63, 3.8) is 0 Å². The lowest BCUT2D eigenvalue weighted by atomic mass is 9.98. The molecule has 1 aromatic carbocycles. The summed E-state index contributed by atoms with van der Waals surface area (Å²) >= 11 is 0. The van der Waals surface area contributed by atoms with E-state index in [1.807, 2.05) is 0 Å². The highest BCUT2D eigenvalue weighted by atomic mass is 16.6. The van der Waals surface area contributed by atoms with Crippen LogP contribution in [0.5, 0.6) is 5.75 Å².